The molecule has 0 radical (unpaired) electrons. The van der Waals surface area contributed by atoms with E-state index in [1.54, 1.807) is 0 Å². The monoisotopic (exact) mass is 251 g/mol. The van der Waals surface area contributed by atoms with Gasteiger partial charge < -0.3 is 0 Å². The van der Waals surface area contributed by atoms with Gasteiger partial charge in [-0.3, -0.25) is 4.98 Å². The topological polar surface area (TPSA) is 12.9 Å². The zero-order chi connectivity index (χ0) is 12.9. The molecule has 0 aliphatic carbocycles. The summed E-state index contributed by atoms with van der Waals surface area (Å²) in [6.07, 6.45) is 1.83. The number of rotatable bonds is 3. The maximum absolute atomic E-state index is 4.49. The minimum Gasteiger partial charge on any atom is -0.270 e. The zero-order valence-corrected chi connectivity index (χ0v) is 11.5. The fourth-order valence-electron chi connectivity index (χ4n) is 2.18. The molecule has 0 bridgehead atoms. The normalized spacial score (nSPS) is 9.60. The maximum atomic E-state index is 4.49. The molecule has 92 valence electrons. The van der Waals surface area contributed by atoms with E-state index in [2.05, 4.69) is 59.6 Å². The summed E-state index contributed by atoms with van der Waals surface area (Å²) in [6.45, 7) is 0. The summed E-state index contributed by atoms with van der Waals surface area (Å²) >= 11 is 0. The van der Waals surface area contributed by atoms with Gasteiger partial charge in [0.2, 0.25) is 0 Å². The van der Waals surface area contributed by atoms with Gasteiger partial charge in [0.25, 0.3) is 0 Å². The summed E-state index contributed by atoms with van der Waals surface area (Å²) in [6, 6.07) is 26.8. The average Bonchev–Trinajstić information content (AvgIpc) is 2.51. The van der Waals surface area contributed by atoms with Gasteiger partial charge in [-0.2, -0.15) is 0 Å². The van der Waals surface area contributed by atoms with Gasteiger partial charge in [-0.15, -0.1) is 24.3 Å². The van der Waals surface area contributed by atoms with Crippen LogP contribution in [-0.4, -0.2) is 4.98 Å². The summed E-state index contributed by atoms with van der Waals surface area (Å²) in [5, 5.41) is 0. The van der Waals surface area contributed by atoms with Gasteiger partial charge in [-0.25, -0.2) is 0 Å². The number of benzene rings is 2. The van der Waals surface area contributed by atoms with Crippen molar-refractivity contribution in [2.24, 2.45) is 0 Å². The van der Waals surface area contributed by atoms with Crippen molar-refractivity contribution >= 4 is 0 Å². The Labute approximate surface area is 131 Å². The molecule has 0 saturated carbocycles. The Kier molecular flexibility index (Phi) is 5.07. The van der Waals surface area contributed by atoms with Crippen LogP contribution in [0.2, 0.25) is 0 Å². The molecule has 1 heterocycles. The molecule has 0 fully saturated rings. The fraction of sp³-hybridized carbons (Fsp3) is 0. The van der Waals surface area contributed by atoms with E-state index in [1.807, 2.05) is 30.5 Å². The second-order valence-electron chi connectivity index (χ2n) is 4.32. The number of hydrogen-bond donors (Lipinski definition) is 0. The molecule has 0 aliphatic heterocycles. The van der Waals surface area contributed by atoms with Gasteiger partial charge in [0.15, 0.2) is 0 Å². The standard InChI is InChI=1S/C18H14N.Li/c1-3-9-15(10-4-1)18(16-11-5-2-6-12-16)17-13-7-8-14-19-17;/h1-14H;/q-1;+1. The molecule has 0 saturated heterocycles. The van der Waals surface area contributed by atoms with Crippen LogP contribution in [0.15, 0.2) is 85.1 Å². The predicted octanol–water partition coefficient (Wildman–Crippen LogP) is 1.10. The second kappa shape index (κ2) is 7.00. The number of pyridine rings is 1. The molecule has 2 heteroatoms. The van der Waals surface area contributed by atoms with Crippen LogP contribution in [0.25, 0.3) is 0 Å². The molecule has 0 unspecified atom stereocenters. The van der Waals surface area contributed by atoms with Crippen LogP contribution >= 0.6 is 0 Å². The molecule has 1 nitrogen and oxygen atoms in total. The Morgan fingerprint density at radius 2 is 1.10 bits per heavy atom. The van der Waals surface area contributed by atoms with Crippen molar-refractivity contribution in [3.63, 3.8) is 0 Å². The first kappa shape index (κ1) is 14.5. The minimum atomic E-state index is 0. The van der Waals surface area contributed by atoms with E-state index in [1.165, 1.54) is 17.0 Å². The van der Waals surface area contributed by atoms with E-state index < -0.39 is 0 Å². The van der Waals surface area contributed by atoms with Crippen molar-refractivity contribution in [1.82, 2.24) is 4.98 Å². The van der Waals surface area contributed by atoms with Crippen LogP contribution in [0.1, 0.15) is 16.8 Å². The van der Waals surface area contributed by atoms with Gasteiger partial charge in [-0.05, 0) is 0 Å². The van der Waals surface area contributed by atoms with Crippen molar-refractivity contribution in [2.75, 3.05) is 0 Å². The van der Waals surface area contributed by atoms with Crippen molar-refractivity contribution in [3.8, 4) is 0 Å². The molecular weight excluding hydrogens is 237 g/mol. The largest absolute Gasteiger partial charge is 1.00 e. The maximum Gasteiger partial charge on any atom is 1.00 e. The van der Waals surface area contributed by atoms with Gasteiger partial charge in [-0.1, -0.05) is 71.6 Å². The smallest absolute Gasteiger partial charge is 0.270 e. The molecule has 0 atom stereocenters. The van der Waals surface area contributed by atoms with Crippen LogP contribution in [0.3, 0.4) is 0 Å². The Morgan fingerprint density at radius 1 is 0.600 bits per heavy atom. The van der Waals surface area contributed by atoms with Crippen molar-refractivity contribution < 1.29 is 18.9 Å². The van der Waals surface area contributed by atoms with Crippen LogP contribution in [0.5, 0.6) is 0 Å². The van der Waals surface area contributed by atoms with Crippen LogP contribution in [-0.2, 0) is 0 Å². The Morgan fingerprint density at radius 3 is 1.55 bits per heavy atom. The summed E-state index contributed by atoms with van der Waals surface area (Å²) < 4.78 is 0. The van der Waals surface area contributed by atoms with Gasteiger partial charge in [0, 0.05) is 11.9 Å². The van der Waals surface area contributed by atoms with Crippen molar-refractivity contribution in [3.05, 3.63) is 108 Å². The van der Waals surface area contributed by atoms with E-state index in [0.29, 0.717) is 0 Å². The predicted molar refractivity (Wildman–Crippen MR) is 77.7 cm³/mol. The Balaban J connectivity index is 0.00000147. The molecule has 0 aliphatic rings. The third-order valence-corrected chi connectivity index (χ3v) is 3.05. The van der Waals surface area contributed by atoms with E-state index in [4.69, 9.17) is 0 Å². The Bertz CT molecular complexity index is 529. The number of hydrogen-bond acceptors (Lipinski definition) is 1. The fourth-order valence-corrected chi connectivity index (χ4v) is 2.18. The molecule has 3 rings (SSSR count). The van der Waals surface area contributed by atoms with E-state index >= 15 is 0 Å². The summed E-state index contributed by atoms with van der Waals surface area (Å²) in [5.41, 5.74) is 3.37. The second-order valence-corrected chi connectivity index (χ2v) is 4.32. The third kappa shape index (κ3) is 3.14. The molecule has 0 N–H and O–H groups in total. The average molecular weight is 251 g/mol. The molecule has 20 heavy (non-hydrogen) atoms. The summed E-state index contributed by atoms with van der Waals surface area (Å²) in [4.78, 5) is 4.49. The van der Waals surface area contributed by atoms with Gasteiger partial charge >= 0.3 is 18.9 Å². The van der Waals surface area contributed by atoms with Crippen molar-refractivity contribution in [1.29, 1.82) is 0 Å². The van der Waals surface area contributed by atoms with Crippen molar-refractivity contribution in [2.45, 2.75) is 0 Å². The first-order valence-electron chi connectivity index (χ1n) is 6.34. The quantitative estimate of drug-likeness (QED) is 0.502. The number of aromatic nitrogens is 1. The molecule has 0 spiro atoms. The van der Waals surface area contributed by atoms with E-state index in [9.17, 15) is 0 Å². The molecule has 0 amide bonds. The first-order valence-corrected chi connectivity index (χ1v) is 6.34. The Hall–Kier alpha value is -1.94. The van der Waals surface area contributed by atoms with E-state index in [0.717, 1.165) is 5.69 Å². The first-order chi connectivity index (χ1) is 9.45. The minimum absolute atomic E-state index is 0. The SMILES string of the molecule is [Li+].c1ccc([C-](c2ccccc2)c2ccccn2)cc1. The molecule has 3 aromatic rings. The summed E-state index contributed by atoms with van der Waals surface area (Å²) in [7, 11) is 0. The molecule has 2 aromatic carbocycles. The van der Waals surface area contributed by atoms with Gasteiger partial charge in [0.05, 0.1) is 0 Å². The third-order valence-electron chi connectivity index (χ3n) is 3.05. The molecular formula is C18H14LiN. The van der Waals surface area contributed by atoms with Crippen LogP contribution in [0.4, 0.5) is 0 Å². The van der Waals surface area contributed by atoms with Crippen LogP contribution < -0.4 is 18.9 Å². The molecule has 1 aromatic heterocycles. The number of nitrogens with zero attached hydrogens (tertiary/aromatic N) is 1. The zero-order valence-electron chi connectivity index (χ0n) is 11.5. The van der Waals surface area contributed by atoms with E-state index in [-0.39, 0.29) is 18.9 Å². The van der Waals surface area contributed by atoms with Gasteiger partial charge in [0.1, 0.15) is 0 Å². The summed E-state index contributed by atoms with van der Waals surface area (Å²) in [5.74, 6) is 1.17. The van der Waals surface area contributed by atoms with Crippen LogP contribution in [0, 0.1) is 5.92 Å².